The van der Waals surface area contributed by atoms with E-state index in [1.807, 2.05) is 0 Å². The van der Waals surface area contributed by atoms with Gasteiger partial charge in [-0.3, -0.25) is 4.79 Å². The molecule has 0 fully saturated rings. The van der Waals surface area contributed by atoms with Gasteiger partial charge < -0.3 is 5.73 Å². The monoisotopic (exact) mass is 231 g/mol. The molecular weight excluding hydrogens is 225 g/mol. The van der Waals surface area contributed by atoms with Gasteiger partial charge in [-0.1, -0.05) is 6.07 Å². The van der Waals surface area contributed by atoms with Crippen molar-refractivity contribution in [1.29, 1.82) is 0 Å². The van der Waals surface area contributed by atoms with Gasteiger partial charge in [-0.2, -0.15) is 0 Å². The summed E-state index contributed by atoms with van der Waals surface area (Å²) < 4.78 is 13.2. The van der Waals surface area contributed by atoms with Gasteiger partial charge in [0.1, 0.15) is 5.82 Å². The van der Waals surface area contributed by atoms with Crippen molar-refractivity contribution < 1.29 is 9.18 Å². The Labute approximate surface area is 77.7 Å². The Morgan fingerprint density at radius 3 is 2.75 bits per heavy atom. The SMILES string of the molecule is NC(=O)Cc1ccc(Br)c(F)c1. The van der Waals surface area contributed by atoms with Crippen LogP contribution in [0.1, 0.15) is 5.56 Å². The van der Waals surface area contributed by atoms with Crippen LogP contribution in [0.4, 0.5) is 4.39 Å². The fourth-order valence-electron chi connectivity index (χ4n) is 0.851. The quantitative estimate of drug-likeness (QED) is 0.827. The number of hydrogen-bond acceptors (Lipinski definition) is 1. The van der Waals surface area contributed by atoms with E-state index in [1.54, 1.807) is 12.1 Å². The molecule has 0 spiro atoms. The Morgan fingerprint density at radius 2 is 2.25 bits per heavy atom. The molecule has 0 heterocycles. The Morgan fingerprint density at radius 1 is 1.58 bits per heavy atom. The van der Waals surface area contributed by atoms with Crippen LogP contribution in [-0.4, -0.2) is 5.91 Å². The molecule has 64 valence electrons. The molecule has 12 heavy (non-hydrogen) atoms. The van der Waals surface area contributed by atoms with E-state index < -0.39 is 5.91 Å². The zero-order chi connectivity index (χ0) is 9.14. The van der Waals surface area contributed by atoms with Crippen molar-refractivity contribution >= 4 is 21.8 Å². The van der Waals surface area contributed by atoms with Crippen molar-refractivity contribution in [3.8, 4) is 0 Å². The highest BCUT2D eigenvalue weighted by molar-refractivity contribution is 9.10. The average molecular weight is 232 g/mol. The van der Waals surface area contributed by atoms with E-state index in [1.165, 1.54) is 6.07 Å². The first-order valence-corrected chi connectivity index (χ1v) is 4.11. The number of hydrogen-bond donors (Lipinski definition) is 1. The topological polar surface area (TPSA) is 43.1 Å². The highest BCUT2D eigenvalue weighted by Gasteiger charge is 2.02. The second kappa shape index (κ2) is 3.67. The van der Waals surface area contributed by atoms with Gasteiger partial charge in [0, 0.05) is 0 Å². The lowest BCUT2D eigenvalue weighted by molar-refractivity contribution is -0.117. The number of carbonyl (C=O) groups is 1. The van der Waals surface area contributed by atoms with Crippen LogP contribution in [0, 0.1) is 5.82 Å². The molecule has 0 atom stereocenters. The normalized spacial score (nSPS) is 9.83. The molecule has 0 aliphatic heterocycles. The number of benzene rings is 1. The zero-order valence-electron chi connectivity index (χ0n) is 6.18. The zero-order valence-corrected chi connectivity index (χ0v) is 7.77. The molecule has 0 saturated heterocycles. The minimum Gasteiger partial charge on any atom is -0.369 e. The van der Waals surface area contributed by atoms with Crippen LogP contribution >= 0.6 is 15.9 Å². The smallest absolute Gasteiger partial charge is 0.221 e. The molecule has 0 bridgehead atoms. The predicted octanol–water partition coefficient (Wildman–Crippen LogP) is 1.62. The fraction of sp³-hybridized carbons (Fsp3) is 0.125. The second-order valence-electron chi connectivity index (χ2n) is 2.39. The predicted molar refractivity (Wildman–Crippen MR) is 47.0 cm³/mol. The van der Waals surface area contributed by atoms with E-state index in [0.29, 0.717) is 10.0 Å². The van der Waals surface area contributed by atoms with E-state index >= 15 is 0 Å². The molecular formula is C8H7BrFNO. The second-order valence-corrected chi connectivity index (χ2v) is 3.25. The molecule has 0 unspecified atom stereocenters. The first kappa shape index (κ1) is 9.19. The molecule has 0 radical (unpaired) electrons. The summed E-state index contributed by atoms with van der Waals surface area (Å²) in [4.78, 5) is 10.5. The maximum Gasteiger partial charge on any atom is 0.221 e. The Kier molecular flexibility index (Phi) is 2.81. The summed E-state index contributed by atoms with van der Waals surface area (Å²) in [5.74, 6) is -0.842. The molecule has 2 nitrogen and oxygen atoms in total. The maximum atomic E-state index is 12.8. The maximum absolute atomic E-state index is 12.8. The molecule has 0 aromatic heterocycles. The van der Waals surface area contributed by atoms with Gasteiger partial charge in [-0.15, -0.1) is 0 Å². The van der Waals surface area contributed by atoms with Crippen LogP contribution in [-0.2, 0) is 11.2 Å². The van der Waals surface area contributed by atoms with E-state index in [-0.39, 0.29) is 12.2 Å². The van der Waals surface area contributed by atoms with E-state index in [2.05, 4.69) is 15.9 Å². The van der Waals surface area contributed by atoms with E-state index in [0.717, 1.165) is 0 Å². The number of primary amides is 1. The van der Waals surface area contributed by atoms with Crippen molar-refractivity contribution in [2.75, 3.05) is 0 Å². The van der Waals surface area contributed by atoms with Crippen LogP contribution in [0.2, 0.25) is 0 Å². The molecule has 1 aromatic carbocycles. The van der Waals surface area contributed by atoms with Gasteiger partial charge in [-0.05, 0) is 33.6 Å². The lowest BCUT2D eigenvalue weighted by atomic mass is 10.1. The third-order valence-electron chi connectivity index (χ3n) is 1.36. The summed E-state index contributed by atoms with van der Waals surface area (Å²) in [6.45, 7) is 0. The number of amides is 1. The molecule has 0 saturated carbocycles. The molecule has 1 amide bonds. The van der Waals surface area contributed by atoms with Gasteiger partial charge in [0.2, 0.25) is 5.91 Å². The van der Waals surface area contributed by atoms with E-state index in [4.69, 9.17) is 5.73 Å². The standard InChI is InChI=1S/C8H7BrFNO/c9-6-2-1-5(3-7(6)10)4-8(11)12/h1-3H,4H2,(H2,11,12). The molecule has 2 N–H and O–H groups in total. The molecule has 0 aliphatic rings. The first-order valence-electron chi connectivity index (χ1n) is 3.32. The van der Waals surface area contributed by atoms with E-state index in [9.17, 15) is 9.18 Å². The van der Waals surface area contributed by atoms with Crippen molar-refractivity contribution in [3.05, 3.63) is 34.1 Å². The van der Waals surface area contributed by atoms with Gasteiger partial charge in [0.15, 0.2) is 0 Å². The van der Waals surface area contributed by atoms with Gasteiger partial charge in [-0.25, -0.2) is 4.39 Å². The summed E-state index contributed by atoms with van der Waals surface area (Å²) in [7, 11) is 0. The summed E-state index contributed by atoms with van der Waals surface area (Å²) in [5, 5.41) is 0. The highest BCUT2D eigenvalue weighted by Crippen LogP contribution is 2.16. The lowest BCUT2D eigenvalue weighted by Crippen LogP contribution is -2.13. The number of rotatable bonds is 2. The molecule has 1 rings (SSSR count). The molecule has 1 aromatic rings. The Bertz CT molecular complexity index is 314. The van der Waals surface area contributed by atoms with Crippen LogP contribution in [0.15, 0.2) is 22.7 Å². The minimum absolute atomic E-state index is 0.0736. The van der Waals surface area contributed by atoms with Gasteiger partial charge in [0.05, 0.1) is 10.9 Å². The van der Waals surface area contributed by atoms with Crippen molar-refractivity contribution in [3.63, 3.8) is 0 Å². The van der Waals surface area contributed by atoms with Crippen LogP contribution < -0.4 is 5.73 Å². The Balaban J connectivity index is 2.89. The third-order valence-corrected chi connectivity index (χ3v) is 2.01. The number of nitrogens with two attached hydrogens (primary N) is 1. The summed E-state index contributed by atoms with van der Waals surface area (Å²) >= 11 is 3.00. The minimum atomic E-state index is -0.461. The number of carbonyl (C=O) groups excluding carboxylic acids is 1. The average Bonchev–Trinajstić information content (AvgIpc) is 1.96. The molecule has 4 heteroatoms. The van der Waals surface area contributed by atoms with Gasteiger partial charge >= 0.3 is 0 Å². The fourth-order valence-corrected chi connectivity index (χ4v) is 1.10. The van der Waals surface area contributed by atoms with Crippen LogP contribution in [0.5, 0.6) is 0 Å². The third kappa shape index (κ3) is 2.30. The van der Waals surface area contributed by atoms with Crippen LogP contribution in [0.25, 0.3) is 0 Å². The largest absolute Gasteiger partial charge is 0.369 e. The van der Waals surface area contributed by atoms with Crippen molar-refractivity contribution in [2.45, 2.75) is 6.42 Å². The van der Waals surface area contributed by atoms with Crippen LogP contribution in [0.3, 0.4) is 0 Å². The van der Waals surface area contributed by atoms with Gasteiger partial charge in [0.25, 0.3) is 0 Å². The van der Waals surface area contributed by atoms with Crippen molar-refractivity contribution in [1.82, 2.24) is 0 Å². The lowest BCUT2D eigenvalue weighted by Gasteiger charge is -1.98. The van der Waals surface area contributed by atoms with Crippen molar-refractivity contribution in [2.24, 2.45) is 5.73 Å². The number of halogens is 2. The first-order chi connectivity index (χ1) is 5.59. The summed E-state index contributed by atoms with van der Waals surface area (Å²) in [6, 6.07) is 4.49. The summed E-state index contributed by atoms with van der Waals surface area (Å²) in [6.07, 6.45) is 0.0736. The Hall–Kier alpha value is -0.900. The molecule has 0 aliphatic carbocycles. The summed E-state index contributed by atoms with van der Waals surface area (Å²) in [5.41, 5.74) is 5.53. The highest BCUT2D eigenvalue weighted by atomic mass is 79.9.